The molecule has 4 nitrogen and oxygen atoms in total. The Morgan fingerprint density at radius 3 is 2.55 bits per heavy atom. The van der Waals surface area contributed by atoms with Crippen LogP contribution in [0.2, 0.25) is 0 Å². The molecule has 11 heavy (non-hydrogen) atoms. The zero-order valence-electron chi connectivity index (χ0n) is 6.83. The van der Waals surface area contributed by atoms with Crippen molar-refractivity contribution in [1.29, 1.82) is 0 Å². The molecule has 0 aliphatic heterocycles. The molecule has 1 unspecified atom stereocenters. The van der Waals surface area contributed by atoms with E-state index in [1.54, 1.807) is 6.92 Å². The van der Waals surface area contributed by atoms with Gasteiger partial charge in [0, 0.05) is 13.0 Å². The second-order valence-corrected chi connectivity index (χ2v) is 2.47. The van der Waals surface area contributed by atoms with Crippen molar-refractivity contribution < 1.29 is 19.7 Å². The van der Waals surface area contributed by atoms with Gasteiger partial charge in [-0.1, -0.05) is 0 Å². The number of ether oxygens (including phenoxy) is 1. The summed E-state index contributed by atoms with van der Waals surface area (Å²) in [6, 6.07) is 0. The first-order chi connectivity index (χ1) is 5.04. The van der Waals surface area contributed by atoms with Crippen LogP contribution in [0.5, 0.6) is 0 Å². The van der Waals surface area contributed by atoms with Crippen molar-refractivity contribution in [3.8, 4) is 0 Å². The van der Waals surface area contributed by atoms with Gasteiger partial charge < -0.3 is 14.9 Å². The summed E-state index contributed by atoms with van der Waals surface area (Å²) >= 11 is 0. The lowest BCUT2D eigenvalue weighted by molar-refractivity contribution is -0.164. The molecule has 0 fully saturated rings. The van der Waals surface area contributed by atoms with Crippen molar-refractivity contribution in [1.82, 2.24) is 0 Å². The van der Waals surface area contributed by atoms with Crippen molar-refractivity contribution in [2.45, 2.75) is 25.9 Å². The Kier molecular flexibility index (Phi) is 4.07. The van der Waals surface area contributed by atoms with Gasteiger partial charge in [0.2, 0.25) is 0 Å². The molecule has 4 heteroatoms. The Balaban J connectivity index is 3.94. The number of esters is 1. The molecule has 66 valence electrons. The first-order valence-corrected chi connectivity index (χ1v) is 3.55. The van der Waals surface area contributed by atoms with E-state index in [0.717, 1.165) is 0 Å². The zero-order chi connectivity index (χ0) is 8.91. The number of rotatable bonds is 4. The summed E-state index contributed by atoms with van der Waals surface area (Å²) in [5.74, 6) is -0.686. The minimum Gasteiger partial charge on any atom is -0.464 e. The molecule has 1 atom stereocenters. The van der Waals surface area contributed by atoms with E-state index in [-0.39, 0.29) is 19.6 Å². The smallest absolute Gasteiger partial charge is 0.337 e. The summed E-state index contributed by atoms with van der Waals surface area (Å²) in [6.45, 7) is 2.99. The van der Waals surface area contributed by atoms with Crippen LogP contribution in [0.25, 0.3) is 0 Å². The molecular weight excluding hydrogens is 148 g/mol. The standard InChI is InChI=1S/C7H14O4/c1-3-11-6(9)7(2,10)4-5-8/h8,10H,3-5H2,1-2H3. The third-order valence-electron chi connectivity index (χ3n) is 1.31. The first-order valence-electron chi connectivity index (χ1n) is 3.55. The topological polar surface area (TPSA) is 66.8 Å². The van der Waals surface area contributed by atoms with Crippen LogP contribution in [0.3, 0.4) is 0 Å². The summed E-state index contributed by atoms with van der Waals surface area (Å²) < 4.78 is 4.56. The van der Waals surface area contributed by atoms with Gasteiger partial charge in [-0.15, -0.1) is 0 Å². The average molecular weight is 162 g/mol. The van der Waals surface area contributed by atoms with E-state index in [1.807, 2.05) is 0 Å². The molecule has 0 heterocycles. The van der Waals surface area contributed by atoms with Crippen molar-refractivity contribution in [3.63, 3.8) is 0 Å². The van der Waals surface area contributed by atoms with Crippen LogP contribution in [0.1, 0.15) is 20.3 Å². The van der Waals surface area contributed by atoms with Gasteiger partial charge in [0.1, 0.15) is 0 Å². The Bertz CT molecular complexity index is 130. The molecule has 0 aromatic rings. The van der Waals surface area contributed by atoms with Gasteiger partial charge in [-0.2, -0.15) is 0 Å². The molecule has 0 bridgehead atoms. The number of carbonyl (C=O) groups excluding carboxylic acids is 1. The lowest BCUT2D eigenvalue weighted by atomic mass is 10.0. The quantitative estimate of drug-likeness (QED) is 0.556. The Labute approximate surface area is 65.8 Å². The second kappa shape index (κ2) is 4.31. The molecular formula is C7H14O4. The van der Waals surface area contributed by atoms with Crippen molar-refractivity contribution in [2.75, 3.05) is 13.2 Å². The van der Waals surface area contributed by atoms with Gasteiger partial charge in [-0.3, -0.25) is 0 Å². The molecule has 0 aliphatic carbocycles. The Hall–Kier alpha value is -0.610. The fraction of sp³-hybridized carbons (Fsp3) is 0.857. The first kappa shape index (κ1) is 10.4. The van der Waals surface area contributed by atoms with Crippen LogP contribution in [0.15, 0.2) is 0 Å². The maximum atomic E-state index is 10.9. The zero-order valence-corrected chi connectivity index (χ0v) is 6.83. The highest BCUT2D eigenvalue weighted by atomic mass is 16.5. The Morgan fingerprint density at radius 2 is 2.18 bits per heavy atom. The molecule has 2 N–H and O–H groups in total. The maximum Gasteiger partial charge on any atom is 0.337 e. The average Bonchev–Trinajstić information content (AvgIpc) is 1.88. The van der Waals surface area contributed by atoms with Gasteiger partial charge in [-0.05, 0) is 13.8 Å². The molecule has 0 saturated heterocycles. The number of aliphatic hydroxyl groups excluding tert-OH is 1. The predicted molar refractivity (Wildman–Crippen MR) is 39.0 cm³/mol. The van der Waals surface area contributed by atoms with E-state index in [0.29, 0.717) is 0 Å². The third kappa shape index (κ3) is 3.34. The molecule has 0 rings (SSSR count). The summed E-state index contributed by atoms with van der Waals surface area (Å²) in [5.41, 5.74) is -1.55. The van der Waals surface area contributed by atoms with Crippen molar-refractivity contribution in [2.24, 2.45) is 0 Å². The molecule has 0 spiro atoms. The molecule has 0 aromatic heterocycles. The normalized spacial score (nSPS) is 15.6. The molecule has 0 radical (unpaired) electrons. The number of hydrogen-bond donors (Lipinski definition) is 2. The monoisotopic (exact) mass is 162 g/mol. The van der Waals surface area contributed by atoms with Crippen LogP contribution in [-0.4, -0.2) is 35.0 Å². The van der Waals surface area contributed by atoms with Gasteiger partial charge in [0.05, 0.1) is 6.61 Å². The van der Waals surface area contributed by atoms with Gasteiger partial charge in [-0.25, -0.2) is 4.79 Å². The lowest BCUT2D eigenvalue weighted by Crippen LogP contribution is -2.37. The lowest BCUT2D eigenvalue weighted by Gasteiger charge is -2.19. The minimum absolute atomic E-state index is 0.00579. The van der Waals surface area contributed by atoms with Gasteiger partial charge >= 0.3 is 5.97 Å². The van der Waals surface area contributed by atoms with E-state index in [4.69, 9.17) is 5.11 Å². The second-order valence-electron chi connectivity index (χ2n) is 2.47. The minimum atomic E-state index is -1.55. The van der Waals surface area contributed by atoms with E-state index in [1.165, 1.54) is 6.92 Å². The van der Waals surface area contributed by atoms with Crippen LogP contribution in [0, 0.1) is 0 Å². The van der Waals surface area contributed by atoms with Crippen molar-refractivity contribution >= 4 is 5.97 Å². The molecule has 0 aromatic carbocycles. The largest absolute Gasteiger partial charge is 0.464 e. The number of carbonyl (C=O) groups is 1. The van der Waals surface area contributed by atoms with E-state index in [2.05, 4.69) is 4.74 Å². The van der Waals surface area contributed by atoms with Gasteiger partial charge in [0.15, 0.2) is 5.60 Å². The van der Waals surface area contributed by atoms with Gasteiger partial charge in [0.25, 0.3) is 0 Å². The van der Waals surface area contributed by atoms with E-state index >= 15 is 0 Å². The number of hydrogen-bond acceptors (Lipinski definition) is 4. The van der Waals surface area contributed by atoms with E-state index in [9.17, 15) is 9.90 Å². The fourth-order valence-electron chi connectivity index (χ4n) is 0.606. The fourth-order valence-corrected chi connectivity index (χ4v) is 0.606. The SMILES string of the molecule is CCOC(=O)C(C)(O)CCO. The maximum absolute atomic E-state index is 10.9. The highest BCUT2D eigenvalue weighted by Crippen LogP contribution is 2.10. The summed E-state index contributed by atoms with van der Waals surface area (Å²) in [7, 11) is 0. The number of aliphatic hydroxyl groups is 2. The summed E-state index contributed by atoms with van der Waals surface area (Å²) in [5, 5.41) is 17.7. The molecule has 0 aliphatic rings. The summed E-state index contributed by atoms with van der Waals surface area (Å²) in [6.07, 6.45) is 0.00579. The highest BCUT2D eigenvalue weighted by Gasteiger charge is 2.30. The third-order valence-corrected chi connectivity index (χ3v) is 1.31. The van der Waals surface area contributed by atoms with Crippen molar-refractivity contribution in [3.05, 3.63) is 0 Å². The van der Waals surface area contributed by atoms with Crippen LogP contribution < -0.4 is 0 Å². The molecule has 0 amide bonds. The predicted octanol–water partition coefficient (Wildman–Crippen LogP) is -0.317. The molecule has 0 saturated carbocycles. The van der Waals surface area contributed by atoms with Crippen LogP contribution in [0.4, 0.5) is 0 Å². The van der Waals surface area contributed by atoms with E-state index < -0.39 is 11.6 Å². The van der Waals surface area contributed by atoms with Crippen LogP contribution >= 0.6 is 0 Å². The highest BCUT2D eigenvalue weighted by molar-refractivity contribution is 5.78. The Morgan fingerprint density at radius 1 is 1.64 bits per heavy atom. The van der Waals surface area contributed by atoms with Crippen LogP contribution in [-0.2, 0) is 9.53 Å². The summed E-state index contributed by atoms with van der Waals surface area (Å²) in [4.78, 5) is 10.9.